The second-order valence-corrected chi connectivity index (χ2v) is 10.7. The number of nitrogens with zero attached hydrogens (tertiary/aromatic N) is 2. The summed E-state index contributed by atoms with van der Waals surface area (Å²) in [6.07, 6.45) is -4.35. The second kappa shape index (κ2) is 9.67. The Morgan fingerprint density at radius 3 is 2.32 bits per heavy atom. The first-order valence-electron chi connectivity index (χ1n) is 11.2. The molecule has 2 aromatic rings. The lowest BCUT2D eigenvalue weighted by molar-refractivity contribution is -0.150. The van der Waals surface area contributed by atoms with E-state index >= 15 is 0 Å². The standard InChI is InChI=1S/C24H27F3N2O4S/c1-17-15-28(16-22(33-17)18-6-3-2-4-7-18)23(30)19-10-12-29(13-11-19)34(31,32)21-9-5-8-20(14-21)24(25,26)27/h2-9,14,17,19,22H,10-13,15-16H2,1H3. The molecule has 2 atom stereocenters. The lowest BCUT2D eigenvalue weighted by Crippen LogP contribution is -2.50. The van der Waals surface area contributed by atoms with Crippen molar-refractivity contribution in [3.8, 4) is 0 Å². The number of halogens is 3. The van der Waals surface area contributed by atoms with Gasteiger partial charge in [0, 0.05) is 25.6 Å². The molecule has 2 aliphatic rings. The third-order valence-electron chi connectivity index (χ3n) is 6.35. The Bertz CT molecular complexity index is 1120. The molecular weight excluding hydrogens is 469 g/mol. The number of hydrogen-bond donors (Lipinski definition) is 0. The van der Waals surface area contributed by atoms with Gasteiger partial charge < -0.3 is 9.64 Å². The molecule has 2 unspecified atom stereocenters. The van der Waals surface area contributed by atoms with Gasteiger partial charge in [-0.15, -0.1) is 0 Å². The third-order valence-corrected chi connectivity index (χ3v) is 8.24. The van der Waals surface area contributed by atoms with E-state index in [-0.39, 0.29) is 42.0 Å². The number of sulfonamides is 1. The SMILES string of the molecule is CC1CN(C(=O)C2CCN(S(=O)(=O)c3cccc(C(F)(F)F)c3)CC2)CC(c2ccccc2)O1. The molecule has 4 rings (SSSR count). The van der Waals surface area contributed by atoms with Gasteiger partial charge >= 0.3 is 6.18 Å². The van der Waals surface area contributed by atoms with E-state index < -0.39 is 21.8 Å². The first kappa shape index (κ1) is 24.7. The van der Waals surface area contributed by atoms with Gasteiger partial charge in [0.15, 0.2) is 0 Å². The Morgan fingerprint density at radius 1 is 1.00 bits per heavy atom. The van der Waals surface area contributed by atoms with Gasteiger partial charge in [-0.05, 0) is 43.5 Å². The quantitative estimate of drug-likeness (QED) is 0.640. The Morgan fingerprint density at radius 2 is 1.68 bits per heavy atom. The number of carbonyl (C=O) groups excluding carboxylic acids is 1. The van der Waals surface area contributed by atoms with E-state index in [9.17, 15) is 26.4 Å². The van der Waals surface area contributed by atoms with Crippen molar-refractivity contribution in [1.29, 1.82) is 0 Å². The summed E-state index contributed by atoms with van der Waals surface area (Å²) in [5.74, 6) is -0.373. The van der Waals surface area contributed by atoms with Crippen molar-refractivity contribution in [1.82, 2.24) is 9.21 Å². The predicted octanol–water partition coefficient (Wildman–Crippen LogP) is 4.09. The first-order valence-corrected chi connectivity index (χ1v) is 12.7. The molecule has 0 bridgehead atoms. The van der Waals surface area contributed by atoms with Crippen molar-refractivity contribution in [2.24, 2.45) is 5.92 Å². The molecule has 0 saturated carbocycles. The Hall–Kier alpha value is -2.43. The minimum atomic E-state index is -4.63. The van der Waals surface area contributed by atoms with Gasteiger partial charge in [-0.1, -0.05) is 36.4 Å². The largest absolute Gasteiger partial charge is 0.416 e. The summed E-state index contributed by atoms with van der Waals surface area (Å²) in [6, 6.07) is 13.4. The van der Waals surface area contributed by atoms with Gasteiger partial charge in [0.25, 0.3) is 0 Å². The molecule has 2 aliphatic heterocycles. The normalized spacial score (nSPS) is 23.1. The number of piperidine rings is 1. The van der Waals surface area contributed by atoms with Crippen LogP contribution in [-0.4, -0.2) is 55.8 Å². The Kier molecular flexibility index (Phi) is 7.02. The number of morpholine rings is 1. The molecule has 2 fully saturated rings. The van der Waals surface area contributed by atoms with E-state index in [1.165, 1.54) is 10.4 Å². The number of carbonyl (C=O) groups is 1. The number of benzene rings is 2. The molecule has 1 amide bonds. The van der Waals surface area contributed by atoms with Crippen LogP contribution in [0.5, 0.6) is 0 Å². The number of alkyl halides is 3. The molecule has 0 aliphatic carbocycles. The van der Waals surface area contributed by atoms with Crippen LogP contribution in [-0.2, 0) is 25.7 Å². The zero-order valence-corrected chi connectivity index (χ0v) is 19.6. The van der Waals surface area contributed by atoms with E-state index in [4.69, 9.17) is 4.74 Å². The highest BCUT2D eigenvalue weighted by atomic mass is 32.2. The summed E-state index contributed by atoms with van der Waals surface area (Å²) < 4.78 is 72.1. The van der Waals surface area contributed by atoms with Gasteiger partial charge in [0.05, 0.1) is 23.1 Å². The summed E-state index contributed by atoms with van der Waals surface area (Å²) in [7, 11) is -4.08. The van der Waals surface area contributed by atoms with Gasteiger partial charge in [-0.3, -0.25) is 4.79 Å². The highest BCUT2D eigenvalue weighted by Crippen LogP contribution is 2.33. The van der Waals surface area contributed by atoms with Crippen LogP contribution < -0.4 is 0 Å². The minimum Gasteiger partial charge on any atom is -0.367 e. The van der Waals surface area contributed by atoms with E-state index in [0.717, 1.165) is 17.7 Å². The maximum atomic E-state index is 13.2. The Labute approximate surface area is 197 Å². The molecule has 2 saturated heterocycles. The summed E-state index contributed by atoms with van der Waals surface area (Å²) in [5.41, 5.74) is -0.0121. The van der Waals surface area contributed by atoms with E-state index in [1.54, 1.807) is 4.90 Å². The fourth-order valence-corrected chi connectivity index (χ4v) is 6.08. The van der Waals surface area contributed by atoms with Gasteiger partial charge in [-0.25, -0.2) is 8.42 Å². The summed E-state index contributed by atoms with van der Waals surface area (Å²) in [5, 5.41) is 0. The van der Waals surface area contributed by atoms with E-state index in [1.807, 2.05) is 37.3 Å². The van der Waals surface area contributed by atoms with Crippen LogP contribution in [0.15, 0.2) is 59.5 Å². The number of amides is 1. The molecule has 0 radical (unpaired) electrons. The molecular formula is C24H27F3N2O4S. The van der Waals surface area contributed by atoms with Crippen molar-refractivity contribution >= 4 is 15.9 Å². The van der Waals surface area contributed by atoms with Crippen molar-refractivity contribution < 1.29 is 31.1 Å². The van der Waals surface area contributed by atoms with Crippen LogP contribution in [0.2, 0.25) is 0 Å². The zero-order valence-electron chi connectivity index (χ0n) is 18.7. The molecule has 34 heavy (non-hydrogen) atoms. The fraction of sp³-hybridized carbons (Fsp3) is 0.458. The van der Waals surface area contributed by atoms with E-state index in [0.29, 0.717) is 32.0 Å². The van der Waals surface area contributed by atoms with Crippen molar-refractivity contribution in [3.63, 3.8) is 0 Å². The highest BCUT2D eigenvalue weighted by molar-refractivity contribution is 7.89. The fourth-order valence-electron chi connectivity index (χ4n) is 4.57. The molecule has 0 aromatic heterocycles. The molecule has 184 valence electrons. The topological polar surface area (TPSA) is 66.9 Å². The molecule has 0 N–H and O–H groups in total. The lowest BCUT2D eigenvalue weighted by Gasteiger charge is -2.40. The number of hydrogen-bond acceptors (Lipinski definition) is 4. The zero-order chi connectivity index (χ0) is 24.5. The highest BCUT2D eigenvalue weighted by Gasteiger charge is 2.38. The van der Waals surface area contributed by atoms with Crippen LogP contribution in [0.25, 0.3) is 0 Å². The molecule has 6 nitrogen and oxygen atoms in total. The number of ether oxygens (including phenoxy) is 1. The molecule has 10 heteroatoms. The van der Waals surface area contributed by atoms with Crippen LogP contribution >= 0.6 is 0 Å². The maximum absolute atomic E-state index is 13.2. The average Bonchev–Trinajstić information content (AvgIpc) is 2.83. The van der Waals surface area contributed by atoms with Crippen molar-refractivity contribution in [3.05, 3.63) is 65.7 Å². The molecule has 0 spiro atoms. The smallest absolute Gasteiger partial charge is 0.367 e. The summed E-state index contributed by atoms with van der Waals surface area (Å²) >= 11 is 0. The van der Waals surface area contributed by atoms with Crippen LogP contribution in [0.1, 0.15) is 37.0 Å². The molecule has 2 aromatic carbocycles. The molecule has 2 heterocycles. The second-order valence-electron chi connectivity index (χ2n) is 8.79. The van der Waals surface area contributed by atoms with Gasteiger partial charge in [0.2, 0.25) is 15.9 Å². The maximum Gasteiger partial charge on any atom is 0.416 e. The van der Waals surface area contributed by atoms with Crippen molar-refractivity contribution in [2.75, 3.05) is 26.2 Å². The van der Waals surface area contributed by atoms with Gasteiger partial charge in [-0.2, -0.15) is 17.5 Å². The summed E-state index contributed by atoms with van der Waals surface area (Å²) in [4.78, 5) is 14.6. The van der Waals surface area contributed by atoms with Crippen molar-refractivity contribution in [2.45, 2.75) is 43.0 Å². The first-order chi connectivity index (χ1) is 16.1. The summed E-state index contributed by atoms with van der Waals surface area (Å²) in [6.45, 7) is 2.97. The lowest BCUT2D eigenvalue weighted by atomic mass is 9.95. The Balaban J connectivity index is 1.41. The van der Waals surface area contributed by atoms with Crippen LogP contribution in [0.4, 0.5) is 13.2 Å². The van der Waals surface area contributed by atoms with Gasteiger partial charge in [0.1, 0.15) is 6.10 Å². The van der Waals surface area contributed by atoms with E-state index in [2.05, 4.69) is 0 Å². The van der Waals surface area contributed by atoms with Crippen LogP contribution in [0, 0.1) is 5.92 Å². The average molecular weight is 497 g/mol. The van der Waals surface area contributed by atoms with Crippen LogP contribution in [0.3, 0.4) is 0 Å². The number of rotatable bonds is 4. The third kappa shape index (κ3) is 5.29. The monoisotopic (exact) mass is 496 g/mol. The minimum absolute atomic E-state index is 0.0350. The predicted molar refractivity (Wildman–Crippen MR) is 119 cm³/mol.